The SMILES string of the molecule is N#Cc1ccc2[nH]c(Cc3cccc(Cl)c3)cc2c1. The number of H-pyrrole nitrogens is 1. The number of hydrogen-bond acceptors (Lipinski definition) is 1. The van der Waals surface area contributed by atoms with Gasteiger partial charge in [0, 0.05) is 28.0 Å². The number of nitriles is 1. The summed E-state index contributed by atoms with van der Waals surface area (Å²) in [5.41, 5.74) is 4.02. The first kappa shape index (κ1) is 11.8. The molecule has 1 heterocycles. The first-order valence-corrected chi connectivity index (χ1v) is 6.38. The summed E-state index contributed by atoms with van der Waals surface area (Å²) in [4.78, 5) is 3.36. The fourth-order valence-corrected chi connectivity index (χ4v) is 2.44. The number of rotatable bonds is 2. The zero-order valence-electron chi connectivity index (χ0n) is 10.2. The van der Waals surface area contributed by atoms with E-state index in [-0.39, 0.29) is 0 Å². The molecular formula is C16H11ClN2. The van der Waals surface area contributed by atoms with E-state index in [0.29, 0.717) is 5.56 Å². The van der Waals surface area contributed by atoms with Crippen LogP contribution in [0.25, 0.3) is 10.9 Å². The molecule has 3 rings (SSSR count). The predicted octanol–water partition coefficient (Wildman–Crippen LogP) is 4.28. The van der Waals surface area contributed by atoms with Crippen molar-refractivity contribution >= 4 is 22.5 Å². The fraction of sp³-hybridized carbons (Fsp3) is 0.0625. The van der Waals surface area contributed by atoms with Crippen LogP contribution in [0.1, 0.15) is 16.8 Å². The standard InChI is InChI=1S/C16H11ClN2/c17-14-3-1-2-11(7-14)8-15-9-13-6-12(10-18)4-5-16(13)19-15/h1-7,9,19H,8H2. The Morgan fingerprint density at radius 1 is 1.11 bits per heavy atom. The van der Waals surface area contributed by atoms with Crippen LogP contribution >= 0.6 is 11.6 Å². The van der Waals surface area contributed by atoms with Crippen LogP contribution in [0.3, 0.4) is 0 Å². The summed E-state index contributed by atoms with van der Waals surface area (Å²) in [5.74, 6) is 0. The highest BCUT2D eigenvalue weighted by molar-refractivity contribution is 6.30. The summed E-state index contributed by atoms with van der Waals surface area (Å²) in [5, 5.41) is 10.7. The molecule has 0 aliphatic carbocycles. The van der Waals surface area contributed by atoms with E-state index in [1.807, 2.05) is 36.4 Å². The molecule has 0 fully saturated rings. The molecule has 2 aromatic carbocycles. The topological polar surface area (TPSA) is 39.6 Å². The third-order valence-electron chi connectivity index (χ3n) is 3.09. The summed E-state index contributed by atoms with van der Waals surface area (Å²) in [6.07, 6.45) is 0.803. The van der Waals surface area contributed by atoms with Crippen LogP contribution in [-0.4, -0.2) is 4.98 Å². The minimum absolute atomic E-state index is 0.681. The molecule has 0 atom stereocenters. The first-order valence-electron chi connectivity index (χ1n) is 6.01. The Morgan fingerprint density at radius 3 is 2.79 bits per heavy atom. The molecule has 0 unspecified atom stereocenters. The largest absolute Gasteiger partial charge is 0.358 e. The van der Waals surface area contributed by atoms with Gasteiger partial charge in [-0.05, 0) is 42.0 Å². The molecule has 0 saturated heterocycles. The third-order valence-corrected chi connectivity index (χ3v) is 3.32. The zero-order chi connectivity index (χ0) is 13.2. The maximum Gasteiger partial charge on any atom is 0.0991 e. The van der Waals surface area contributed by atoms with Crippen molar-refractivity contribution in [2.45, 2.75) is 6.42 Å². The van der Waals surface area contributed by atoms with Gasteiger partial charge in [0.15, 0.2) is 0 Å². The molecule has 1 aromatic heterocycles. The lowest BCUT2D eigenvalue weighted by Crippen LogP contribution is -1.87. The van der Waals surface area contributed by atoms with E-state index in [9.17, 15) is 0 Å². The number of nitrogens with zero attached hydrogens (tertiary/aromatic N) is 1. The number of nitrogens with one attached hydrogen (secondary N) is 1. The molecular weight excluding hydrogens is 256 g/mol. The van der Waals surface area contributed by atoms with Crippen molar-refractivity contribution in [2.24, 2.45) is 0 Å². The van der Waals surface area contributed by atoms with Gasteiger partial charge in [-0.25, -0.2) is 0 Å². The van der Waals surface area contributed by atoms with Gasteiger partial charge < -0.3 is 4.98 Å². The van der Waals surface area contributed by atoms with Crippen LogP contribution < -0.4 is 0 Å². The summed E-state index contributed by atoms with van der Waals surface area (Å²) in [6.45, 7) is 0. The molecule has 0 aliphatic rings. The maximum atomic E-state index is 8.89. The van der Waals surface area contributed by atoms with Gasteiger partial charge in [0.2, 0.25) is 0 Å². The molecule has 3 heteroatoms. The Morgan fingerprint density at radius 2 is 2.00 bits per heavy atom. The van der Waals surface area contributed by atoms with Crippen LogP contribution in [-0.2, 0) is 6.42 Å². The van der Waals surface area contributed by atoms with E-state index < -0.39 is 0 Å². The van der Waals surface area contributed by atoms with E-state index in [4.69, 9.17) is 16.9 Å². The number of benzene rings is 2. The number of hydrogen-bond donors (Lipinski definition) is 1. The molecule has 0 saturated carbocycles. The van der Waals surface area contributed by atoms with Gasteiger partial charge in [-0.2, -0.15) is 5.26 Å². The second kappa shape index (κ2) is 4.79. The highest BCUT2D eigenvalue weighted by Gasteiger charge is 2.03. The normalized spacial score (nSPS) is 10.5. The summed E-state index contributed by atoms with van der Waals surface area (Å²) >= 11 is 5.98. The van der Waals surface area contributed by atoms with Crippen molar-refractivity contribution in [3.8, 4) is 6.07 Å². The Labute approximate surface area is 116 Å². The fourth-order valence-electron chi connectivity index (χ4n) is 2.22. The Hall–Kier alpha value is -2.24. The Balaban J connectivity index is 1.96. The van der Waals surface area contributed by atoms with Crippen LogP contribution in [0.15, 0.2) is 48.5 Å². The highest BCUT2D eigenvalue weighted by Crippen LogP contribution is 2.20. The van der Waals surface area contributed by atoms with E-state index in [1.54, 1.807) is 0 Å². The number of aromatic nitrogens is 1. The molecule has 0 aliphatic heterocycles. The van der Waals surface area contributed by atoms with Gasteiger partial charge >= 0.3 is 0 Å². The van der Waals surface area contributed by atoms with Gasteiger partial charge in [0.05, 0.1) is 11.6 Å². The maximum absolute atomic E-state index is 8.89. The van der Waals surface area contributed by atoms with Gasteiger partial charge in [-0.3, -0.25) is 0 Å². The molecule has 0 amide bonds. The van der Waals surface area contributed by atoms with E-state index in [0.717, 1.165) is 28.0 Å². The van der Waals surface area contributed by atoms with Crippen LogP contribution in [0.4, 0.5) is 0 Å². The first-order chi connectivity index (χ1) is 9.24. The third kappa shape index (κ3) is 2.47. The van der Waals surface area contributed by atoms with Crippen molar-refractivity contribution < 1.29 is 0 Å². The number of halogens is 1. The second-order valence-electron chi connectivity index (χ2n) is 4.52. The molecule has 3 aromatic rings. The van der Waals surface area contributed by atoms with Crippen LogP contribution in [0.5, 0.6) is 0 Å². The lowest BCUT2D eigenvalue weighted by Gasteiger charge is -1.99. The summed E-state index contributed by atoms with van der Waals surface area (Å²) < 4.78 is 0. The monoisotopic (exact) mass is 266 g/mol. The van der Waals surface area contributed by atoms with Crippen molar-refractivity contribution in [3.63, 3.8) is 0 Å². The Kier molecular flexibility index (Phi) is 2.98. The van der Waals surface area contributed by atoms with Crippen molar-refractivity contribution in [3.05, 3.63) is 70.4 Å². The number of aromatic amines is 1. The molecule has 0 bridgehead atoms. The molecule has 1 N–H and O–H groups in total. The lowest BCUT2D eigenvalue weighted by molar-refractivity contribution is 1.12. The second-order valence-corrected chi connectivity index (χ2v) is 4.95. The van der Waals surface area contributed by atoms with Crippen molar-refractivity contribution in [1.82, 2.24) is 4.98 Å². The molecule has 0 radical (unpaired) electrons. The van der Waals surface area contributed by atoms with Gasteiger partial charge in [0.1, 0.15) is 0 Å². The highest BCUT2D eigenvalue weighted by atomic mass is 35.5. The summed E-state index contributed by atoms with van der Waals surface area (Å²) in [6, 6.07) is 17.7. The minimum atomic E-state index is 0.681. The molecule has 19 heavy (non-hydrogen) atoms. The van der Waals surface area contributed by atoms with Crippen molar-refractivity contribution in [1.29, 1.82) is 5.26 Å². The average molecular weight is 267 g/mol. The molecule has 2 nitrogen and oxygen atoms in total. The molecule has 0 spiro atoms. The smallest absolute Gasteiger partial charge is 0.0991 e. The average Bonchev–Trinajstić information content (AvgIpc) is 2.79. The lowest BCUT2D eigenvalue weighted by atomic mass is 10.1. The van der Waals surface area contributed by atoms with E-state index in [2.05, 4.69) is 23.2 Å². The van der Waals surface area contributed by atoms with Gasteiger partial charge in [-0.15, -0.1) is 0 Å². The summed E-state index contributed by atoms with van der Waals surface area (Å²) in [7, 11) is 0. The van der Waals surface area contributed by atoms with Crippen LogP contribution in [0, 0.1) is 11.3 Å². The quantitative estimate of drug-likeness (QED) is 0.739. The van der Waals surface area contributed by atoms with Gasteiger partial charge in [0.25, 0.3) is 0 Å². The Bertz CT molecular complexity index is 781. The number of fused-ring (bicyclic) bond motifs is 1. The van der Waals surface area contributed by atoms with E-state index in [1.165, 1.54) is 5.56 Å². The molecule has 92 valence electrons. The van der Waals surface area contributed by atoms with Crippen LogP contribution in [0.2, 0.25) is 5.02 Å². The minimum Gasteiger partial charge on any atom is -0.358 e. The predicted molar refractivity (Wildman–Crippen MR) is 77.3 cm³/mol. The zero-order valence-corrected chi connectivity index (χ0v) is 10.9. The van der Waals surface area contributed by atoms with Gasteiger partial charge in [-0.1, -0.05) is 23.7 Å². The van der Waals surface area contributed by atoms with Crippen molar-refractivity contribution in [2.75, 3.05) is 0 Å². The van der Waals surface area contributed by atoms with E-state index >= 15 is 0 Å².